The molecule has 0 aliphatic rings. The van der Waals surface area contributed by atoms with Gasteiger partial charge in [-0.15, -0.1) is 0 Å². The number of nitrogens with one attached hydrogen (secondary N) is 1. The number of likely N-dealkylation sites (N-methyl/N-ethyl adjacent to an activating group) is 1. The van der Waals surface area contributed by atoms with E-state index in [2.05, 4.69) is 38.2 Å². The normalized spacial score (nSPS) is 13.8. The van der Waals surface area contributed by atoms with E-state index in [0.29, 0.717) is 17.4 Å². The lowest BCUT2D eigenvalue weighted by atomic mass is 10.0. The van der Waals surface area contributed by atoms with Crippen LogP contribution in [-0.2, 0) is 27.9 Å². The molecule has 9 nitrogen and oxygen atoms in total. The van der Waals surface area contributed by atoms with Gasteiger partial charge in [-0.05, 0) is 57.4 Å². The van der Waals surface area contributed by atoms with Crippen LogP contribution in [0.2, 0.25) is 0 Å². The van der Waals surface area contributed by atoms with Crippen molar-refractivity contribution >= 4 is 19.7 Å². The van der Waals surface area contributed by atoms with Crippen molar-refractivity contribution in [2.24, 2.45) is 0 Å². The zero-order valence-corrected chi connectivity index (χ0v) is 50.3. The summed E-state index contributed by atoms with van der Waals surface area (Å²) in [6.07, 6.45) is 62.8. The van der Waals surface area contributed by atoms with Gasteiger partial charge in [0.05, 0.1) is 33.8 Å². The molecule has 1 amide bonds. The lowest BCUT2D eigenvalue weighted by Gasteiger charge is -2.30. The standard InChI is InChI=1S/C63H123N2O7P/c1-7-10-13-16-19-22-25-28-30-31-32-33-34-35-36-38-41-44-47-50-53-56-63(67)72-61(54-51-48-45-42-39-27-24-21-18-15-12-9-3)60(59-71-73(68,69)70-58-57-65(4,5)6)64-62(66)55-52-49-46-43-40-37-29-26-23-20-17-14-11-8-2/h28,30,51,54,60-61H,7-27,29,31-50,52-53,55-59H2,1-6H3,(H-,64,66,68,69)/b30-28+,54-51+. The third-order valence-electron chi connectivity index (χ3n) is 14.4. The van der Waals surface area contributed by atoms with Gasteiger partial charge >= 0.3 is 5.97 Å². The number of phosphoric acid groups is 1. The quantitative estimate of drug-likeness (QED) is 0.0212. The van der Waals surface area contributed by atoms with Gasteiger partial charge in [-0.3, -0.25) is 14.2 Å². The summed E-state index contributed by atoms with van der Waals surface area (Å²) >= 11 is 0. The molecule has 3 atom stereocenters. The van der Waals surface area contributed by atoms with E-state index in [0.717, 1.165) is 57.8 Å². The molecule has 432 valence electrons. The lowest BCUT2D eigenvalue weighted by molar-refractivity contribution is -0.870. The van der Waals surface area contributed by atoms with Crippen molar-refractivity contribution in [1.82, 2.24) is 5.32 Å². The van der Waals surface area contributed by atoms with Gasteiger partial charge in [0.2, 0.25) is 5.91 Å². The molecule has 73 heavy (non-hydrogen) atoms. The molecule has 0 aromatic rings. The second kappa shape index (κ2) is 53.9. The number of unbranched alkanes of at least 4 members (excludes halogenated alkanes) is 40. The molecular weight excluding hydrogens is 928 g/mol. The predicted octanol–water partition coefficient (Wildman–Crippen LogP) is 18.7. The molecule has 0 rings (SSSR count). The van der Waals surface area contributed by atoms with Gasteiger partial charge in [0, 0.05) is 12.8 Å². The van der Waals surface area contributed by atoms with Gasteiger partial charge < -0.3 is 28.5 Å². The molecule has 0 spiro atoms. The molecule has 0 bridgehead atoms. The fraction of sp³-hybridized carbons (Fsp3) is 0.905. The first-order valence-corrected chi connectivity index (χ1v) is 33.1. The molecule has 10 heteroatoms. The molecule has 0 aliphatic carbocycles. The molecule has 0 radical (unpaired) electrons. The summed E-state index contributed by atoms with van der Waals surface area (Å²) in [6.45, 7) is 6.88. The van der Waals surface area contributed by atoms with Crippen molar-refractivity contribution in [3.05, 3.63) is 24.3 Å². The maximum atomic E-state index is 13.5. The number of phosphoric ester groups is 1. The first-order valence-electron chi connectivity index (χ1n) is 31.6. The Balaban J connectivity index is 5.17. The van der Waals surface area contributed by atoms with Crippen molar-refractivity contribution in [1.29, 1.82) is 0 Å². The SMILES string of the molecule is CCCCCCCC/C=C/CCCCCCCCCCCCCC(=O)OC(/C=C/CCCCCCCCCCCC)C(COP(=O)([O-])OCC[N+](C)(C)C)NC(=O)CCCCCCCCCCCCCCCC. The smallest absolute Gasteiger partial charge is 0.306 e. The third kappa shape index (κ3) is 55.1. The largest absolute Gasteiger partial charge is 0.756 e. The lowest BCUT2D eigenvalue weighted by Crippen LogP contribution is -2.47. The third-order valence-corrected chi connectivity index (χ3v) is 15.3. The van der Waals surface area contributed by atoms with Crippen molar-refractivity contribution in [3.63, 3.8) is 0 Å². The van der Waals surface area contributed by atoms with Gasteiger partial charge in [-0.1, -0.05) is 270 Å². The van der Waals surface area contributed by atoms with Gasteiger partial charge in [0.1, 0.15) is 19.3 Å². The van der Waals surface area contributed by atoms with Crippen LogP contribution in [0.25, 0.3) is 0 Å². The molecule has 0 aromatic carbocycles. The van der Waals surface area contributed by atoms with Crippen LogP contribution in [0.4, 0.5) is 0 Å². The maximum absolute atomic E-state index is 13.5. The molecule has 0 saturated carbocycles. The minimum atomic E-state index is -4.69. The van der Waals surface area contributed by atoms with Crippen LogP contribution < -0.4 is 10.2 Å². The Morgan fingerprint density at radius 1 is 0.466 bits per heavy atom. The van der Waals surface area contributed by atoms with Gasteiger partial charge in [-0.2, -0.15) is 0 Å². The number of hydrogen-bond donors (Lipinski definition) is 1. The van der Waals surface area contributed by atoms with Gasteiger partial charge in [-0.25, -0.2) is 0 Å². The molecular formula is C63H123N2O7P. The van der Waals surface area contributed by atoms with Crippen molar-refractivity contribution < 1.29 is 37.3 Å². The molecule has 0 heterocycles. The summed E-state index contributed by atoms with van der Waals surface area (Å²) in [5.74, 6) is -0.525. The Labute approximate surface area is 454 Å². The predicted molar refractivity (Wildman–Crippen MR) is 312 cm³/mol. The van der Waals surface area contributed by atoms with Crippen LogP contribution in [0.3, 0.4) is 0 Å². The van der Waals surface area contributed by atoms with Crippen molar-refractivity contribution in [3.8, 4) is 0 Å². The monoisotopic (exact) mass is 1050 g/mol. The minimum absolute atomic E-state index is 0.0186. The number of esters is 1. The second-order valence-electron chi connectivity index (χ2n) is 22.9. The first kappa shape index (κ1) is 71.5. The molecule has 1 N–H and O–H groups in total. The number of quaternary nitrogens is 1. The summed E-state index contributed by atoms with van der Waals surface area (Å²) in [4.78, 5) is 40.0. The summed E-state index contributed by atoms with van der Waals surface area (Å²) in [7, 11) is 1.20. The van der Waals surface area contributed by atoms with Crippen molar-refractivity contribution in [2.45, 2.75) is 328 Å². The Hall–Kier alpha value is -1.51. The van der Waals surface area contributed by atoms with E-state index < -0.39 is 20.0 Å². The van der Waals surface area contributed by atoms with Gasteiger partial charge in [0.15, 0.2) is 0 Å². The van der Waals surface area contributed by atoms with Crippen LogP contribution >= 0.6 is 7.82 Å². The van der Waals surface area contributed by atoms with E-state index in [1.165, 1.54) is 225 Å². The van der Waals surface area contributed by atoms with E-state index in [1.54, 1.807) is 0 Å². The summed E-state index contributed by atoms with van der Waals surface area (Å²) in [5, 5.41) is 3.03. The highest BCUT2D eigenvalue weighted by Crippen LogP contribution is 2.38. The van der Waals surface area contributed by atoms with E-state index in [9.17, 15) is 19.0 Å². The van der Waals surface area contributed by atoms with Crippen LogP contribution in [0, 0.1) is 0 Å². The van der Waals surface area contributed by atoms with E-state index >= 15 is 0 Å². The van der Waals surface area contributed by atoms with Crippen LogP contribution in [0.1, 0.15) is 316 Å². The Morgan fingerprint density at radius 3 is 1.16 bits per heavy atom. The van der Waals surface area contributed by atoms with E-state index in [1.807, 2.05) is 33.3 Å². The number of ether oxygens (including phenoxy) is 1. The number of amides is 1. The number of rotatable bonds is 58. The first-order chi connectivity index (χ1) is 35.4. The number of carbonyl (C=O) groups is 2. The number of carbonyl (C=O) groups excluding carboxylic acids is 2. The van der Waals surface area contributed by atoms with Crippen LogP contribution in [0.15, 0.2) is 24.3 Å². The molecule has 0 aromatic heterocycles. The van der Waals surface area contributed by atoms with Crippen LogP contribution in [-0.4, -0.2) is 69.4 Å². The molecule has 3 unspecified atom stereocenters. The number of hydrogen-bond acceptors (Lipinski definition) is 7. The number of allylic oxidation sites excluding steroid dienone is 3. The zero-order chi connectivity index (χ0) is 53.6. The fourth-order valence-electron chi connectivity index (χ4n) is 9.46. The summed E-state index contributed by atoms with van der Waals surface area (Å²) in [6, 6.07) is -0.882. The average molecular weight is 1050 g/mol. The highest BCUT2D eigenvalue weighted by atomic mass is 31.2. The minimum Gasteiger partial charge on any atom is -0.756 e. The Kier molecular flexibility index (Phi) is 52.8. The average Bonchev–Trinajstić information content (AvgIpc) is 3.35. The van der Waals surface area contributed by atoms with Gasteiger partial charge in [0.25, 0.3) is 7.82 Å². The summed E-state index contributed by atoms with van der Waals surface area (Å²) in [5.41, 5.74) is 0. The van der Waals surface area contributed by atoms with E-state index in [-0.39, 0.29) is 31.5 Å². The molecule has 0 saturated heterocycles. The topological polar surface area (TPSA) is 114 Å². The molecule has 0 aliphatic heterocycles. The second-order valence-corrected chi connectivity index (χ2v) is 24.3. The number of nitrogens with zero attached hydrogens (tertiary/aromatic N) is 1. The highest BCUT2D eigenvalue weighted by molar-refractivity contribution is 7.45. The zero-order valence-electron chi connectivity index (χ0n) is 49.4. The van der Waals surface area contributed by atoms with Crippen LogP contribution in [0.5, 0.6) is 0 Å². The van der Waals surface area contributed by atoms with E-state index in [4.69, 9.17) is 13.8 Å². The Bertz CT molecular complexity index is 1300. The Morgan fingerprint density at radius 2 is 0.795 bits per heavy atom. The molecule has 0 fully saturated rings. The highest BCUT2D eigenvalue weighted by Gasteiger charge is 2.27. The fourth-order valence-corrected chi connectivity index (χ4v) is 10.2. The van der Waals surface area contributed by atoms with Crippen molar-refractivity contribution in [2.75, 3.05) is 40.9 Å². The summed E-state index contributed by atoms with van der Waals surface area (Å²) < 4.78 is 30.3. The maximum Gasteiger partial charge on any atom is 0.306 e.